The van der Waals surface area contributed by atoms with Crippen molar-refractivity contribution < 1.29 is 14.3 Å². The Morgan fingerprint density at radius 1 is 1.08 bits per heavy atom. The maximum atomic E-state index is 10.6. The number of ether oxygens (including phenoxy) is 2. The second kappa shape index (κ2) is 15.8. The van der Waals surface area contributed by atoms with Gasteiger partial charge in [0.15, 0.2) is 6.29 Å². The van der Waals surface area contributed by atoms with Gasteiger partial charge in [-0.15, -0.1) is 13.2 Å². The third-order valence-electron chi connectivity index (χ3n) is 4.71. The summed E-state index contributed by atoms with van der Waals surface area (Å²) in [6, 6.07) is 8.06. The molecule has 2 rings (SSSR count). The van der Waals surface area contributed by atoms with Crippen molar-refractivity contribution >= 4 is 6.29 Å². The lowest BCUT2D eigenvalue weighted by atomic mass is 9.77. The summed E-state index contributed by atoms with van der Waals surface area (Å²) >= 11 is 0. The number of carbonyl (C=O) groups is 1. The molecule has 0 saturated heterocycles. The molecular weight excluding hydrogens is 324 g/mol. The van der Waals surface area contributed by atoms with E-state index >= 15 is 0 Å². The molecule has 0 aliphatic heterocycles. The molecule has 0 bridgehead atoms. The molecule has 26 heavy (non-hydrogen) atoms. The second-order valence-corrected chi connectivity index (χ2v) is 6.56. The minimum Gasteiger partial charge on any atom is -0.353 e. The molecular formula is C23H38O3. The SMILES string of the molecule is C=C.CC1CCCCC1Cc1ccc(C=O)cc1.CCOC(C)OCC. The van der Waals surface area contributed by atoms with Crippen molar-refractivity contribution in [2.24, 2.45) is 11.8 Å². The molecule has 1 fully saturated rings. The van der Waals surface area contributed by atoms with Crippen molar-refractivity contribution in [1.29, 1.82) is 0 Å². The second-order valence-electron chi connectivity index (χ2n) is 6.56. The summed E-state index contributed by atoms with van der Waals surface area (Å²) in [5.41, 5.74) is 2.16. The Bertz CT molecular complexity index is 449. The highest BCUT2D eigenvalue weighted by Crippen LogP contribution is 2.32. The molecule has 1 aromatic rings. The summed E-state index contributed by atoms with van der Waals surface area (Å²) < 4.78 is 10.1. The molecule has 2 unspecified atom stereocenters. The van der Waals surface area contributed by atoms with Gasteiger partial charge in [-0.3, -0.25) is 4.79 Å². The van der Waals surface area contributed by atoms with Crippen LogP contribution in [0.5, 0.6) is 0 Å². The molecule has 3 heteroatoms. The van der Waals surface area contributed by atoms with Crippen LogP contribution in [0, 0.1) is 11.8 Å². The number of carbonyl (C=O) groups excluding carboxylic acids is 1. The van der Waals surface area contributed by atoms with Crippen molar-refractivity contribution in [2.75, 3.05) is 13.2 Å². The highest BCUT2D eigenvalue weighted by atomic mass is 16.7. The average Bonchev–Trinajstić information content (AvgIpc) is 2.67. The largest absolute Gasteiger partial charge is 0.353 e. The zero-order chi connectivity index (χ0) is 19.8. The van der Waals surface area contributed by atoms with Gasteiger partial charge >= 0.3 is 0 Å². The van der Waals surface area contributed by atoms with E-state index in [1.807, 2.05) is 32.9 Å². The van der Waals surface area contributed by atoms with Gasteiger partial charge in [-0.2, -0.15) is 0 Å². The molecule has 0 amide bonds. The van der Waals surface area contributed by atoms with E-state index in [1.54, 1.807) is 0 Å². The Labute approximate surface area is 160 Å². The number of rotatable bonds is 7. The summed E-state index contributed by atoms with van der Waals surface area (Å²) in [6.45, 7) is 15.6. The fourth-order valence-electron chi connectivity index (χ4n) is 3.25. The van der Waals surface area contributed by atoms with Crippen LogP contribution in [-0.2, 0) is 15.9 Å². The van der Waals surface area contributed by atoms with Crippen LogP contribution in [0.1, 0.15) is 69.3 Å². The fraction of sp³-hybridized carbons (Fsp3) is 0.609. The summed E-state index contributed by atoms with van der Waals surface area (Å²) in [4.78, 5) is 10.6. The van der Waals surface area contributed by atoms with Crippen LogP contribution in [0.25, 0.3) is 0 Å². The Kier molecular flexibility index (Phi) is 14.9. The predicted molar refractivity (Wildman–Crippen MR) is 111 cm³/mol. The van der Waals surface area contributed by atoms with Gasteiger partial charge in [-0.1, -0.05) is 50.5 Å². The third-order valence-corrected chi connectivity index (χ3v) is 4.71. The zero-order valence-electron chi connectivity index (χ0n) is 17.2. The summed E-state index contributed by atoms with van der Waals surface area (Å²) in [5, 5.41) is 0. The van der Waals surface area contributed by atoms with Crippen LogP contribution < -0.4 is 0 Å². The van der Waals surface area contributed by atoms with E-state index in [1.165, 1.54) is 37.7 Å². The van der Waals surface area contributed by atoms with Gasteiger partial charge in [0.1, 0.15) is 6.29 Å². The maximum Gasteiger partial charge on any atom is 0.154 e. The normalized spacial score (nSPS) is 19.0. The molecule has 3 nitrogen and oxygen atoms in total. The summed E-state index contributed by atoms with van der Waals surface area (Å²) in [5.74, 6) is 1.70. The van der Waals surface area contributed by atoms with Crippen molar-refractivity contribution in [3.8, 4) is 0 Å². The zero-order valence-corrected chi connectivity index (χ0v) is 17.2. The molecule has 0 radical (unpaired) electrons. The highest BCUT2D eigenvalue weighted by molar-refractivity contribution is 5.74. The number of benzene rings is 1. The predicted octanol–water partition coefficient (Wildman–Crippen LogP) is 6.08. The van der Waals surface area contributed by atoms with Crippen LogP contribution in [0.3, 0.4) is 0 Å². The van der Waals surface area contributed by atoms with Gasteiger partial charge in [0.2, 0.25) is 0 Å². The molecule has 1 aromatic carbocycles. The van der Waals surface area contributed by atoms with Gasteiger partial charge in [-0.05, 0) is 51.0 Å². The van der Waals surface area contributed by atoms with Gasteiger partial charge in [0.25, 0.3) is 0 Å². The first-order chi connectivity index (χ1) is 12.6. The standard InChI is InChI=1S/C15H20O.C6H14O2.C2H4/c1-12-4-2-3-5-15(12)10-13-6-8-14(11-16)9-7-13;1-4-7-6(3)8-5-2;1-2/h6-9,11-12,15H,2-5,10H2,1H3;6H,4-5H2,1-3H3;1-2H2. The molecule has 0 spiro atoms. The van der Waals surface area contributed by atoms with Gasteiger partial charge in [0, 0.05) is 18.8 Å². The third kappa shape index (κ3) is 10.5. The van der Waals surface area contributed by atoms with Crippen LogP contribution in [0.4, 0.5) is 0 Å². The minimum atomic E-state index is -0.0370. The number of hydrogen-bond donors (Lipinski definition) is 0. The van der Waals surface area contributed by atoms with E-state index in [0.717, 1.165) is 36.9 Å². The summed E-state index contributed by atoms with van der Waals surface area (Å²) in [6.07, 6.45) is 7.61. The highest BCUT2D eigenvalue weighted by Gasteiger charge is 2.21. The van der Waals surface area contributed by atoms with E-state index in [9.17, 15) is 4.79 Å². The Morgan fingerprint density at radius 3 is 2.08 bits per heavy atom. The van der Waals surface area contributed by atoms with Gasteiger partial charge in [-0.25, -0.2) is 0 Å². The Hall–Kier alpha value is -1.45. The Balaban J connectivity index is 0.000000533. The van der Waals surface area contributed by atoms with E-state index in [-0.39, 0.29) is 6.29 Å². The average molecular weight is 363 g/mol. The lowest BCUT2D eigenvalue weighted by Crippen LogP contribution is -2.18. The minimum absolute atomic E-state index is 0.0370. The van der Waals surface area contributed by atoms with Crippen LogP contribution in [-0.4, -0.2) is 25.8 Å². The first kappa shape index (κ1) is 24.6. The molecule has 1 saturated carbocycles. The van der Waals surface area contributed by atoms with E-state index < -0.39 is 0 Å². The van der Waals surface area contributed by atoms with Gasteiger partial charge < -0.3 is 9.47 Å². The first-order valence-electron chi connectivity index (χ1n) is 9.88. The van der Waals surface area contributed by atoms with E-state index in [0.29, 0.717) is 0 Å². The molecule has 0 heterocycles. The molecule has 2 atom stereocenters. The molecule has 1 aliphatic carbocycles. The maximum absolute atomic E-state index is 10.6. The van der Waals surface area contributed by atoms with Crippen molar-refractivity contribution in [1.82, 2.24) is 0 Å². The van der Waals surface area contributed by atoms with Crippen LogP contribution >= 0.6 is 0 Å². The van der Waals surface area contributed by atoms with Crippen LogP contribution in [0.15, 0.2) is 37.4 Å². The van der Waals surface area contributed by atoms with Crippen molar-refractivity contribution in [3.05, 3.63) is 48.6 Å². The lowest BCUT2D eigenvalue weighted by Gasteiger charge is -2.28. The first-order valence-corrected chi connectivity index (χ1v) is 9.88. The van der Waals surface area contributed by atoms with Crippen molar-refractivity contribution in [2.45, 2.75) is 66.1 Å². The topological polar surface area (TPSA) is 35.5 Å². The molecule has 148 valence electrons. The quantitative estimate of drug-likeness (QED) is 0.335. The monoisotopic (exact) mass is 362 g/mol. The fourth-order valence-corrected chi connectivity index (χ4v) is 3.25. The van der Waals surface area contributed by atoms with E-state index in [4.69, 9.17) is 9.47 Å². The molecule has 0 N–H and O–H groups in total. The van der Waals surface area contributed by atoms with Gasteiger partial charge in [0.05, 0.1) is 0 Å². The summed E-state index contributed by atoms with van der Waals surface area (Å²) in [7, 11) is 0. The van der Waals surface area contributed by atoms with E-state index in [2.05, 4.69) is 32.2 Å². The van der Waals surface area contributed by atoms with Crippen LogP contribution in [0.2, 0.25) is 0 Å². The number of aldehydes is 1. The Morgan fingerprint density at radius 2 is 1.62 bits per heavy atom. The van der Waals surface area contributed by atoms with Crippen molar-refractivity contribution in [3.63, 3.8) is 0 Å². The smallest absolute Gasteiger partial charge is 0.154 e. The number of hydrogen-bond acceptors (Lipinski definition) is 3. The molecule has 1 aliphatic rings. The molecule has 0 aromatic heterocycles. The lowest BCUT2D eigenvalue weighted by molar-refractivity contribution is -0.123.